The van der Waals surface area contributed by atoms with Crippen molar-refractivity contribution in [1.82, 2.24) is 0 Å². The molecule has 31 heavy (non-hydrogen) atoms. The van der Waals surface area contributed by atoms with Gasteiger partial charge in [0.2, 0.25) is 5.76 Å². The Labute approximate surface area is 174 Å². The van der Waals surface area contributed by atoms with Crippen LogP contribution in [0.1, 0.15) is 20.9 Å². The minimum atomic E-state index is -1.37. The van der Waals surface area contributed by atoms with Crippen molar-refractivity contribution >= 4 is 22.9 Å². The molecule has 0 fully saturated rings. The molecule has 0 spiro atoms. The first kappa shape index (κ1) is 21.7. The Morgan fingerprint density at radius 3 is 2.42 bits per heavy atom. The maximum Gasteiger partial charge on any atom is 0.371 e. The first-order chi connectivity index (χ1) is 14.8. The van der Waals surface area contributed by atoms with Crippen LogP contribution in [0, 0.1) is 0 Å². The number of carboxylic acid groups (broad SMARTS) is 2. The van der Waals surface area contributed by atoms with Crippen LogP contribution >= 0.6 is 0 Å². The molecule has 0 radical (unpaired) electrons. The third kappa shape index (κ3) is 4.93. The number of aromatic carboxylic acids is 2. The number of carbonyl (C=O) groups is 2. The van der Waals surface area contributed by atoms with E-state index in [4.69, 9.17) is 28.8 Å². The van der Waals surface area contributed by atoms with E-state index in [2.05, 4.69) is 0 Å². The minimum Gasteiger partial charge on any atom is -0.496 e. The zero-order valence-electron chi connectivity index (χ0n) is 16.2. The zero-order chi connectivity index (χ0) is 22.5. The topological polar surface area (TPSA) is 153 Å². The minimum absolute atomic E-state index is 0.0282. The second-order valence-electron chi connectivity index (χ2n) is 6.35. The molecule has 1 unspecified atom stereocenters. The standard InChI is InChI=1S/C21H18O10/c1-28-17-7-12(5-6-13(17)20(24)25)29-9-11(22)10-30-15-3-2-4-16-19(15)14(23)8-18(31-16)21(26)27/h2-8,11,22H,9-10H2,1H3,(H,24,25)(H,26,27). The van der Waals surface area contributed by atoms with E-state index in [0.29, 0.717) is 0 Å². The van der Waals surface area contributed by atoms with Crippen molar-refractivity contribution in [3.63, 3.8) is 0 Å². The van der Waals surface area contributed by atoms with E-state index in [1.165, 1.54) is 43.5 Å². The van der Waals surface area contributed by atoms with Crippen LogP contribution in [0.2, 0.25) is 0 Å². The van der Waals surface area contributed by atoms with Crippen LogP contribution < -0.4 is 19.6 Å². The molecule has 0 aliphatic heterocycles. The summed E-state index contributed by atoms with van der Waals surface area (Å²) in [6.07, 6.45) is -1.09. The molecule has 0 saturated carbocycles. The summed E-state index contributed by atoms with van der Waals surface area (Å²) in [4.78, 5) is 34.4. The van der Waals surface area contributed by atoms with Crippen molar-refractivity contribution in [3.05, 3.63) is 64.0 Å². The molecule has 0 amide bonds. The van der Waals surface area contributed by atoms with E-state index in [1.54, 1.807) is 0 Å². The lowest BCUT2D eigenvalue weighted by atomic mass is 10.2. The second-order valence-corrected chi connectivity index (χ2v) is 6.35. The molecule has 162 valence electrons. The van der Waals surface area contributed by atoms with E-state index < -0.39 is 29.2 Å². The number of hydrogen-bond acceptors (Lipinski definition) is 8. The number of benzene rings is 2. The fourth-order valence-corrected chi connectivity index (χ4v) is 2.77. The highest BCUT2D eigenvalue weighted by atomic mass is 16.5. The van der Waals surface area contributed by atoms with Crippen LogP contribution in [0.25, 0.3) is 11.0 Å². The molecule has 0 aliphatic carbocycles. The van der Waals surface area contributed by atoms with Crippen molar-refractivity contribution in [2.75, 3.05) is 20.3 Å². The molecule has 3 N–H and O–H groups in total. The predicted octanol–water partition coefficient (Wildman–Crippen LogP) is 2.02. The largest absolute Gasteiger partial charge is 0.496 e. The molecule has 3 rings (SSSR count). The van der Waals surface area contributed by atoms with Gasteiger partial charge in [0, 0.05) is 12.1 Å². The summed E-state index contributed by atoms with van der Waals surface area (Å²) in [5.74, 6) is -2.49. The smallest absolute Gasteiger partial charge is 0.371 e. The van der Waals surface area contributed by atoms with Crippen molar-refractivity contribution in [1.29, 1.82) is 0 Å². The summed E-state index contributed by atoms with van der Waals surface area (Å²) in [6, 6.07) is 9.42. The van der Waals surface area contributed by atoms with E-state index in [0.717, 1.165) is 6.07 Å². The highest BCUT2D eigenvalue weighted by molar-refractivity contribution is 5.91. The lowest BCUT2D eigenvalue weighted by Gasteiger charge is -2.15. The monoisotopic (exact) mass is 430 g/mol. The van der Waals surface area contributed by atoms with Crippen molar-refractivity contribution in [2.45, 2.75) is 6.10 Å². The average Bonchev–Trinajstić information content (AvgIpc) is 2.75. The van der Waals surface area contributed by atoms with Gasteiger partial charge in [-0.1, -0.05) is 6.07 Å². The molecule has 10 heteroatoms. The molecular weight excluding hydrogens is 412 g/mol. The normalized spacial score (nSPS) is 11.7. The van der Waals surface area contributed by atoms with E-state index >= 15 is 0 Å². The molecular formula is C21H18O10. The summed E-state index contributed by atoms with van der Waals surface area (Å²) < 4.78 is 21.1. The van der Waals surface area contributed by atoms with Crippen LogP contribution in [0.5, 0.6) is 17.2 Å². The van der Waals surface area contributed by atoms with Gasteiger partial charge in [0.15, 0.2) is 5.43 Å². The summed E-state index contributed by atoms with van der Waals surface area (Å²) in [6.45, 7) is -0.415. The van der Waals surface area contributed by atoms with E-state index in [9.17, 15) is 19.5 Å². The van der Waals surface area contributed by atoms with Crippen LogP contribution in [0.3, 0.4) is 0 Å². The maximum absolute atomic E-state index is 12.3. The van der Waals surface area contributed by atoms with Gasteiger partial charge in [-0.3, -0.25) is 4.79 Å². The quantitative estimate of drug-likeness (QED) is 0.459. The molecule has 1 aromatic heterocycles. The number of ether oxygens (including phenoxy) is 3. The third-order valence-corrected chi connectivity index (χ3v) is 4.20. The molecule has 3 aromatic rings. The fraction of sp³-hybridized carbons (Fsp3) is 0.190. The lowest BCUT2D eigenvalue weighted by Crippen LogP contribution is -2.25. The van der Waals surface area contributed by atoms with E-state index in [-0.39, 0.29) is 47.0 Å². The average molecular weight is 430 g/mol. The number of rotatable bonds is 9. The SMILES string of the molecule is COc1cc(OCC(O)COc2cccc3oc(C(=O)O)cc(=O)c23)ccc1C(=O)O. The molecule has 10 nitrogen and oxygen atoms in total. The number of methoxy groups -OCH3 is 1. The third-order valence-electron chi connectivity index (χ3n) is 4.20. The van der Waals surface area contributed by atoms with Gasteiger partial charge in [-0.05, 0) is 24.3 Å². The fourth-order valence-electron chi connectivity index (χ4n) is 2.77. The summed E-state index contributed by atoms with van der Waals surface area (Å²) in [5, 5.41) is 28.3. The Hall–Kier alpha value is -4.05. The van der Waals surface area contributed by atoms with Gasteiger partial charge in [-0.15, -0.1) is 0 Å². The number of fused-ring (bicyclic) bond motifs is 1. The highest BCUT2D eigenvalue weighted by Gasteiger charge is 2.16. The van der Waals surface area contributed by atoms with Gasteiger partial charge in [-0.2, -0.15) is 0 Å². The van der Waals surface area contributed by atoms with Crippen LogP contribution in [-0.2, 0) is 0 Å². The van der Waals surface area contributed by atoms with Gasteiger partial charge >= 0.3 is 11.9 Å². The maximum atomic E-state index is 12.3. The van der Waals surface area contributed by atoms with E-state index in [1.807, 2.05) is 0 Å². The van der Waals surface area contributed by atoms with Crippen molar-refractivity contribution in [3.8, 4) is 17.2 Å². The lowest BCUT2D eigenvalue weighted by molar-refractivity contribution is 0.0628. The number of carboxylic acids is 2. The summed E-state index contributed by atoms with van der Waals surface area (Å²) in [5.41, 5.74) is -0.580. The molecule has 0 bridgehead atoms. The summed E-state index contributed by atoms with van der Waals surface area (Å²) in [7, 11) is 1.33. The highest BCUT2D eigenvalue weighted by Crippen LogP contribution is 2.25. The Bertz CT molecular complexity index is 1180. The predicted molar refractivity (Wildman–Crippen MR) is 106 cm³/mol. The van der Waals surface area contributed by atoms with Gasteiger partial charge in [0.1, 0.15) is 53.1 Å². The Morgan fingerprint density at radius 1 is 1.00 bits per heavy atom. The molecule has 1 atom stereocenters. The second kappa shape index (κ2) is 9.18. The van der Waals surface area contributed by atoms with Crippen molar-refractivity contribution in [2.24, 2.45) is 0 Å². The Kier molecular flexibility index (Phi) is 6.41. The summed E-state index contributed by atoms with van der Waals surface area (Å²) >= 11 is 0. The Balaban J connectivity index is 1.67. The van der Waals surface area contributed by atoms with Crippen LogP contribution in [-0.4, -0.2) is 53.7 Å². The van der Waals surface area contributed by atoms with Crippen molar-refractivity contribution < 1.29 is 43.5 Å². The first-order valence-corrected chi connectivity index (χ1v) is 8.95. The van der Waals surface area contributed by atoms with Gasteiger partial charge < -0.3 is 33.9 Å². The zero-order valence-corrected chi connectivity index (χ0v) is 16.2. The van der Waals surface area contributed by atoms with Crippen LogP contribution in [0.4, 0.5) is 0 Å². The molecule has 0 saturated heterocycles. The van der Waals surface area contributed by atoms with Gasteiger partial charge in [0.05, 0.1) is 7.11 Å². The van der Waals surface area contributed by atoms with Gasteiger partial charge in [0.25, 0.3) is 0 Å². The van der Waals surface area contributed by atoms with Gasteiger partial charge in [-0.25, -0.2) is 9.59 Å². The number of aliphatic hydroxyl groups is 1. The Morgan fingerprint density at radius 2 is 1.74 bits per heavy atom. The molecule has 1 heterocycles. The molecule has 2 aromatic carbocycles. The first-order valence-electron chi connectivity index (χ1n) is 8.95. The molecule has 0 aliphatic rings. The van der Waals surface area contributed by atoms with Crippen LogP contribution in [0.15, 0.2) is 51.7 Å². The number of hydrogen-bond donors (Lipinski definition) is 3. The number of aliphatic hydroxyl groups excluding tert-OH is 1.